The van der Waals surface area contributed by atoms with Crippen molar-refractivity contribution in [2.45, 2.75) is 25.4 Å². The summed E-state index contributed by atoms with van der Waals surface area (Å²) in [6.07, 6.45) is 3.26. The molecule has 0 atom stereocenters. The number of aromatic nitrogens is 1. The summed E-state index contributed by atoms with van der Waals surface area (Å²) in [7, 11) is 0. The normalized spacial score (nSPS) is 15.1. The van der Waals surface area contributed by atoms with Crippen LogP contribution in [0.15, 0.2) is 48.7 Å². The number of hydrogen-bond donors (Lipinski definition) is 2. The van der Waals surface area contributed by atoms with Crippen LogP contribution in [0.4, 0.5) is 0 Å². The fourth-order valence-electron chi connectivity index (χ4n) is 3.83. The number of nitriles is 1. The van der Waals surface area contributed by atoms with Gasteiger partial charge in [-0.25, -0.2) is 0 Å². The molecule has 0 aliphatic carbocycles. The van der Waals surface area contributed by atoms with Crippen LogP contribution >= 0.6 is 11.6 Å². The molecule has 1 fully saturated rings. The largest absolute Gasteiger partial charge is 0.505 e. The number of nitrogens with one attached hydrogen (secondary N) is 1. The van der Waals surface area contributed by atoms with Gasteiger partial charge in [0.15, 0.2) is 0 Å². The number of aromatic hydroxyl groups is 1. The number of pyridine rings is 1. The summed E-state index contributed by atoms with van der Waals surface area (Å²) >= 11 is 6.37. The number of carbonyl (C=O) groups is 1. The molecule has 6 nitrogen and oxygen atoms in total. The van der Waals surface area contributed by atoms with Crippen LogP contribution in [-0.4, -0.2) is 40.0 Å². The third-order valence-electron chi connectivity index (χ3n) is 5.47. The van der Waals surface area contributed by atoms with Gasteiger partial charge in [0.2, 0.25) is 0 Å². The Morgan fingerprint density at radius 1 is 1.27 bits per heavy atom. The zero-order chi connectivity index (χ0) is 21.1. The Morgan fingerprint density at radius 3 is 2.83 bits per heavy atom. The minimum Gasteiger partial charge on any atom is -0.505 e. The van der Waals surface area contributed by atoms with E-state index in [0.717, 1.165) is 36.9 Å². The summed E-state index contributed by atoms with van der Waals surface area (Å²) < 4.78 is 0. The summed E-state index contributed by atoms with van der Waals surface area (Å²) in [5, 5.41) is 24.0. The molecule has 152 valence electrons. The highest BCUT2D eigenvalue weighted by atomic mass is 35.5. The molecule has 2 N–H and O–H groups in total. The molecule has 4 rings (SSSR count). The molecule has 7 heteroatoms. The molecule has 1 aliphatic heterocycles. The number of piperidine rings is 1. The second kappa shape index (κ2) is 8.70. The molecule has 0 spiro atoms. The first-order chi connectivity index (χ1) is 14.5. The van der Waals surface area contributed by atoms with Gasteiger partial charge in [-0.15, -0.1) is 0 Å². The number of halogens is 1. The minimum atomic E-state index is -0.157. The van der Waals surface area contributed by atoms with E-state index in [0.29, 0.717) is 28.2 Å². The van der Waals surface area contributed by atoms with Crippen molar-refractivity contribution in [3.8, 4) is 11.8 Å². The van der Waals surface area contributed by atoms with E-state index in [4.69, 9.17) is 16.9 Å². The van der Waals surface area contributed by atoms with Gasteiger partial charge in [-0.3, -0.25) is 14.7 Å². The Bertz CT molecular complexity index is 1130. The molecule has 0 radical (unpaired) electrons. The molecule has 30 heavy (non-hydrogen) atoms. The van der Waals surface area contributed by atoms with E-state index in [2.05, 4.69) is 21.3 Å². The number of likely N-dealkylation sites (tertiary alicyclic amines) is 1. The number of rotatable bonds is 4. The number of carbonyl (C=O) groups excluding carboxylic acids is 1. The quantitative estimate of drug-likeness (QED) is 0.669. The molecule has 1 aromatic heterocycles. The highest BCUT2D eigenvalue weighted by molar-refractivity contribution is 6.35. The molecular formula is C23H21ClN4O2. The number of amides is 1. The van der Waals surface area contributed by atoms with Gasteiger partial charge in [0.25, 0.3) is 5.91 Å². The molecule has 3 aromatic rings. The SMILES string of the molecule is N#Cc1cccc(C(=O)NC2CCN(Cc3cc(Cl)c4cccnc4c3O)CC2)c1. The number of nitrogens with zero attached hydrogens (tertiary/aromatic N) is 3. The maximum atomic E-state index is 12.5. The van der Waals surface area contributed by atoms with Gasteiger partial charge in [0, 0.05) is 48.4 Å². The van der Waals surface area contributed by atoms with Gasteiger partial charge in [-0.1, -0.05) is 17.7 Å². The second-order valence-electron chi connectivity index (χ2n) is 7.48. The van der Waals surface area contributed by atoms with Crippen LogP contribution in [-0.2, 0) is 6.54 Å². The molecule has 0 unspecified atom stereocenters. The summed E-state index contributed by atoms with van der Waals surface area (Å²) in [6.45, 7) is 2.16. The summed E-state index contributed by atoms with van der Waals surface area (Å²) in [5.74, 6) is 0.0124. The molecule has 1 amide bonds. The predicted octanol–water partition coefficient (Wildman–Crippen LogP) is 3.86. The van der Waals surface area contributed by atoms with Crippen molar-refractivity contribution in [2.24, 2.45) is 0 Å². The summed E-state index contributed by atoms with van der Waals surface area (Å²) in [4.78, 5) is 19.0. The van der Waals surface area contributed by atoms with Crippen molar-refractivity contribution < 1.29 is 9.90 Å². The van der Waals surface area contributed by atoms with E-state index >= 15 is 0 Å². The lowest BCUT2D eigenvalue weighted by Crippen LogP contribution is -2.44. The van der Waals surface area contributed by atoms with Crippen molar-refractivity contribution in [2.75, 3.05) is 13.1 Å². The van der Waals surface area contributed by atoms with Crippen LogP contribution in [0.5, 0.6) is 5.75 Å². The molecule has 2 heterocycles. The van der Waals surface area contributed by atoms with Gasteiger partial charge >= 0.3 is 0 Å². The average molecular weight is 421 g/mol. The van der Waals surface area contributed by atoms with Crippen LogP contribution in [0.1, 0.15) is 34.3 Å². The van der Waals surface area contributed by atoms with Crippen LogP contribution in [0.25, 0.3) is 10.9 Å². The highest BCUT2D eigenvalue weighted by Gasteiger charge is 2.23. The van der Waals surface area contributed by atoms with E-state index in [1.165, 1.54) is 0 Å². The zero-order valence-corrected chi connectivity index (χ0v) is 17.1. The Balaban J connectivity index is 1.37. The zero-order valence-electron chi connectivity index (χ0n) is 16.3. The molecule has 0 bridgehead atoms. The lowest BCUT2D eigenvalue weighted by Gasteiger charge is -2.32. The van der Waals surface area contributed by atoms with E-state index < -0.39 is 0 Å². The van der Waals surface area contributed by atoms with Gasteiger partial charge in [-0.2, -0.15) is 5.26 Å². The first-order valence-corrected chi connectivity index (χ1v) is 10.2. The molecule has 2 aromatic carbocycles. The molecular weight excluding hydrogens is 400 g/mol. The van der Waals surface area contributed by atoms with E-state index in [1.54, 1.807) is 42.6 Å². The van der Waals surface area contributed by atoms with E-state index in [9.17, 15) is 9.90 Å². The second-order valence-corrected chi connectivity index (χ2v) is 7.89. The Labute approximate surface area is 179 Å². The van der Waals surface area contributed by atoms with Crippen molar-refractivity contribution in [1.29, 1.82) is 5.26 Å². The van der Waals surface area contributed by atoms with E-state index in [-0.39, 0.29) is 17.7 Å². The monoisotopic (exact) mass is 420 g/mol. The smallest absolute Gasteiger partial charge is 0.251 e. The Morgan fingerprint density at radius 2 is 2.07 bits per heavy atom. The fraction of sp³-hybridized carbons (Fsp3) is 0.261. The molecule has 0 saturated carbocycles. The van der Waals surface area contributed by atoms with Crippen LogP contribution in [0.3, 0.4) is 0 Å². The van der Waals surface area contributed by atoms with Gasteiger partial charge in [0.05, 0.1) is 16.7 Å². The van der Waals surface area contributed by atoms with Crippen LogP contribution in [0, 0.1) is 11.3 Å². The van der Waals surface area contributed by atoms with Gasteiger partial charge in [0.1, 0.15) is 11.3 Å². The maximum Gasteiger partial charge on any atom is 0.251 e. The van der Waals surface area contributed by atoms with Crippen molar-refractivity contribution in [3.63, 3.8) is 0 Å². The number of fused-ring (bicyclic) bond motifs is 1. The number of phenols is 1. The maximum absolute atomic E-state index is 12.5. The fourth-order valence-corrected chi connectivity index (χ4v) is 4.12. The lowest BCUT2D eigenvalue weighted by molar-refractivity contribution is 0.0909. The van der Waals surface area contributed by atoms with Crippen LogP contribution in [0.2, 0.25) is 5.02 Å². The minimum absolute atomic E-state index is 0.0787. The topological polar surface area (TPSA) is 89.3 Å². The first-order valence-electron chi connectivity index (χ1n) is 9.83. The number of hydrogen-bond acceptors (Lipinski definition) is 5. The first kappa shape index (κ1) is 20.1. The third-order valence-corrected chi connectivity index (χ3v) is 5.78. The average Bonchev–Trinajstić information content (AvgIpc) is 2.78. The molecule has 1 aliphatic rings. The number of phenolic OH excluding ortho intramolecular Hbond substituents is 1. The van der Waals surface area contributed by atoms with Crippen molar-refractivity contribution in [1.82, 2.24) is 15.2 Å². The number of benzene rings is 2. The van der Waals surface area contributed by atoms with E-state index in [1.807, 2.05) is 6.07 Å². The van der Waals surface area contributed by atoms with Gasteiger partial charge in [-0.05, 0) is 49.2 Å². The van der Waals surface area contributed by atoms with Crippen molar-refractivity contribution >= 4 is 28.4 Å². The molecule has 1 saturated heterocycles. The highest BCUT2D eigenvalue weighted by Crippen LogP contribution is 2.33. The Hall–Kier alpha value is -3.14. The Kier molecular flexibility index (Phi) is 5.84. The van der Waals surface area contributed by atoms with Gasteiger partial charge < -0.3 is 10.4 Å². The van der Waals surface area contributed by atoms with Crippen molar-refractivity contribution in [3.05, 3.63) is 70.4 Å². The summed E-state index contributed by atoms with van der Waals surface area (Å²) in [5.41, 5.74) is 2.24. The standard InChI is InChI=1S/C23H21ClN4O2/c24-20-12-17(22(29)21-19(20)5-2-8-26-21)14-28-9-6-18(7-10-28)27-23(30)16-4-1-3-15(11-16)13-25/h1-5,8,11-12,18,29H,6-7,9-10,14H2,(H,27,30). The lowest BCUT2D eigenvalue weighted by atomic mass is 10.0. The summed E-state index contributed by atoms with van der Waals surface area (Å²) in [6, 6.07) is 14.3. The predicted molar refractivity (Wildman–Crippen MR) is 115 cm³/mol. The van der Waals surface area contributed by atoms with Crippen LogP contribution < -0.4 is 5.32 Å². The third kappa shape index (κ3) is 4.23.